The van der Waals surface area contributed by atoms with Gasteiger partial charge in [0.05, 0.1) is 5.56 Å². The Hall–Kier alpha value is -3.40. The van der Waals surface area contributed by atoms with Crippen LogP contribution in [0.25, 0.3) is 5.57 Å². The second kappa shape index (κ2) is 7.93. The summed E-state index contributed by atoms with van der Waals surface area (Å²) in [4.78, 5) is 15.2. The molecule has 0 aliphatic heterocycles. The Bertz CT molecular complexity index is 832. The van der Waals surface area contributed by atoms with Gasteiger partial charge in [-0.15, -0.1) is 0 Å². The SMILES string of the molecule is O=C(O)c1cccc(OC/C=C(/c2ccccc2)c2cccnc2)c1. The van der Waals surface area contributed by atoms with E-state index >= 15 is 0 Å². The number of ether oxygens (including phenoxy) is 1. The third-order valence-corrected chi connectivity index (χ3v) is 3.68. The number of carbonyl (C=O) groups is 1. The van der Waals surface area contributed by atoms with Gasteiger partial charge in [0.1, 0.15) is 12.4 Å². The minimum absolute atomic E-state index is 0.206. The summed E-state index contributed by atoms with van der Waals surface area (Å²) in [6.45, 7) is 0.322. The summed E-state index contributed by atoms with van der Waals surface area (Å²) in [5.74, 6) is -0.448. The van der Waals surface area contributed by atoms with E-state index in [4.69, 9.17) is 9.84 Å². The third-order valence-electron chi connectivity index (χ3n) is 3.68. The third kappa shape index (κ3) is 4.32. The lowest BCUT2D eigenvalue weighted by molar-refractivity contribution is 0.0696. The molecule has 2 aromatic carbocycles. The van der Waals surface area contributed by atoms with Crippen molar-refractivity contribution in [1.82, 2.24) is 4.98 Å². The largest absolute Gasteiger partial charge is 0.489 e. The van der Waals surface area contributed by atoms with Gasteiger partial charge in [0.25, 0.3) is 0 Å². The van der Waals surface area contributed by atoms with Crippen molar-refractivity contribution in [3.8, 4) is 5.75 Å². The topological polar surface area (TPSA) is 59.4 Å². The molecule has 25 heavy (non-hydrogen) atoms. The summed E-state index contributed by atoms with van der Waals surface area (Å²) in [5, 5.41) is 9.05. The Labute approximate surface area is 146 Å². The molecule has 0 radical (unpaired) electrons. The van der Waals surface area contributed by atoms with Crippen molar-refractivity contribution in [3.05, 3.63) is 102 Å². The number of hydrogen-bond donors (Lipinski definition) is 1. The first-order chi connectivity index (χ1) is 12.2. The van der Waals surface area contributed by atoms with Crippen molar-refractivity contribution >= 4 is 11.5 Å². The van der Waals surface area contributed by atoms with Crippen LogP contribution in [0.1, 0.15) is 21.5 Å². The maximum Gasteiger partial charge on any atom is 0.335 e. The molecule has 1 heterocycles. The molecule has 0 atom stereocenters. The highest BCUT2D eigenvalue weighted by atomic mass is 16.5. The van der Waals surface area contributed by atoms with E-state index in [0.29, 0.717) is 12.4 Å². The fourth-order valence-electron chi connectivity index (χ4n) is 2.48. The van der Waals surface area contributed by atoms with Gasteiger partial charge in [-0.2, -0.15) is 0 Å². The van der Waals surface area contributed by atoms with E-state index in [0.717, 1.165) is 16.7 Å². The van der Waals surface area contributed by atoms with Gasteiger partial charge in [0.15, 0.2) is 0 Å². The van der Waals surface area contributed by atoms with Crippen LogP contribution in [-0.4, -0.2) is 22.7 Å². The van der Waals surface area contributed by atoms with Crippen LogP contribution in [-0.2, 0) is 0 Å². The van der Waals surface area contributed by atoms with Gasteiger partial charge in [-0.25, -0.2) is 4.79 Å². The summed E-state index contributed by atoms with van der Waals surface area (Å²) >= 11 is 0. The first-order valence-corrected chi connectivity index (χ1v) is 7.86. The highest BCUT2D eigenvalue weighted by molar-refractivity contribution is 5.88. The van der Waals surface area contributed by atoms with Crippen molar-refractivity contribution in [1.29, 1.82) is 0 Å². The van der Waals surface area contributed by atoms with Crippen molar-refractivity contribution in [2.45, 2.75) is 0 Å². The zero-order valence-electron chi connectivity index (χ0n) is 13.5. The molecule has 0 spiro atoms. The Morgan fingerprint density at radius 3 is 2.44 bits per heavy atom. The molecule has 1 aromatic heterocycles. The molecular weight excluding hydrogens is 314 g/mol. The molecule has 124 valence electrons. The maximum absolute atomic E-state index is 11.0. The van der Waals surface area contributed by atoms with Gasteiger partial charge >= 0.3 is 5.97 Å². The molecule has 0 saturated heterocycles. The average molecular weight is 331 g/mol. The summed E-state index contributed by atoms with van der Waals surface area (Å²) in [6.07, 6.45) is 5.52. The molecule has 3 rings (SSSR count). The standard InChI is InChI=1S/C21H17NO3/c23-21(24)17-8-4-10-19(14-17)25-13-11-20(16-6-2-1-3-7-16)18-9-5-12-22-15-18/h1-12,14-15H,13H2,(H,23,24)/b20-11-. The van der Waals surface area contributed by atoms with Crippen LogP contribution in [0, 0.1) is 0 Å². The predicted octanol–water partition coefficient (Wildman–Crippen LogP) is 4.29. The summed E-state index contributed by atoms with van der Waals surface area (Å²) < 4.78 is 5.71. The minimum Gasteiger partial charge on any atom is -0.489 e. The van der Waals surface area contributed by atoms with E-state index in [1.807, 2.05) is 54.7 Å². The van der Waals surface area contributed by atoms with Crippen LogP contribution in [0.5, 0.6) is 5.75 Å². The van der Waals surface area contributed by atoms with Crippen molar-refractivity contribution in [3.63, 3.8) is 0 Å². The zero-order valence-corrected chi connectivity index (χ0v) is 13.5. The lowest BCUT2D eigenvalue weighted by Gasteiger charge is -2.09. The Balaban J connectivity index is 1.82. The number of aromatic nitrogens is 1. The number of hydrogen-bond acceptors (Lipinski definition) is 3. The van der Waals surface area contributed by atoms with Gasteiger partial charge in [-0.1, -0.05) is 42.5 Å². The summed E-state index contributed by atoms with van der Waals surface area (Å²) in [6, 6.07) is 20.4. The summed E-state index contributed by atoms with van der Waals surface area (Å²) in [5.41, 5.74) is 3.29. The van der Waals surface area contributed by atoms with Gasteiger partial charge < -0.3 is 9.84 Å². The molecule has 0 aliphatic rings. The molecule has 4 nitrogen and oxygen atoms in total. The molecule has 0 saturated carbocycles. The summed E-state index contributed by atoms with van der Waals surface area (Å²) in [7, 11) is 0. The van der Waals surface area contributed by atoms with E-state index in [9.17, 15) is 4.79 Å². The van der Waals surface area contributed by atoms with E-state index in [2.05, 4.69) is 4.98 Å². The first kappa shape index (κ1) is 16.5. The fourth-order valence-corrected chi connectivity index (χ4v) is 2.48. The van der Waals surface area contributed by atoms with Crippen molar-refractivity contribution in [2.24, 2.45) is 0 Å². The van der Waals surface area contributed by atoms with Gasteiger partial charge in [-0.3, -0.25) is 4.98 Å². The smallest absolute Gasteiger partial charge is 0.335 e. The van der Waals surface area contributed by atoms with E-state index in [1.165, 1.54) is 12.1 Å². The van der Waals surface area contributed by atoms with Crippen LogP contribution in [0.15, 0.2) is 85.2 Å². The molecule has 3 aromatic rings. The highest BCUT2D eigenvalue weighted by Gasteiger charge is 2.06. The van der Waals surface area contributed by atoms with Gasteiger partial charge in [0, 0.05) is 18.0 Å². The number of carboxylic acid groups (broad SMARTS) is 1. The van der Waals surface area contributed by atoms with Crippen LogP contribution in [0.2, 0.25) is 0 Å². The predicted molar refractivity (Wildman–Crippen MR) is 96.7 cm³/mol. The normalized spacial score (nSPS) is 11.1. The first-order valence-electron chi connectivity index (χ1n) is 7.86. The molecule has 4 heteroatoms. The highest BCUT2D eigenvalue weighted by Crippen LogP contribution is 2.22. The number of nitrogens with zero attached hydrogens (tertiary/aromatic N) is 1. The quantitative estimate of drug-likeness (QED) is 0.732. The lowest BCUT2D eigenvalue weighted by atomic mass is 9.99. The van der Waals surface area contributed by atoms with Crippen molar-refractivity contribution in [2.75, 3.05) is 6.61 Å². The Morgan fingerprint density at radius 2 is 1.72 bits per heavy atom. The van der Waals surface area contributed by atoms with Crippen LogP contribution < -0.4 is 4.74 Å². The van der Waals surface area contributed by atoms with Crippen LogP contribution >= 0.6 is 0 Å². The minimum atomic E-state index is -0.971. The van der Waals surface area contributed by atoms with Crippen LogP contribution in [0.4, 0.5) is 0 Å². The molecule has 1 N–H and O–H groups in total. The number of pyridine rings is 1. The molecule has 0 unspecified atom stereocenters. The van der Waals surface area contributed by atoms with Gasteiger partial charge in [-0.05, 0) is 41.5 Å². The molecular formula is C21H17NO3. The Morgan fingerprint density at radius 1 is 0.960 bits per heavy atom. The molecule has 0 amide bonds. The number of rotatable bonds is 6. The number of carboxylic acids is 1. The number of benzene rings is 2. The lowest BCUT2D eigenvalue weighted by Crippen LogP contribution is -2.00. The van der Waals surface area contributed by atoms with Crippen molar-refractivity contribution < 1.29 is 14.6 Å². The molecule has 0 aliphatic carbocycles. The maximum atomic E-state index is 11.0. The van der Waals surface area contributed by atoms with E-state index < -0.39 is 5.97 Å². The monoisotopic (exact) mass is 331 g/mol. The fraction of sp³-hybridized carbons (Fsp3) is 0.0476. The van der Waals surface area contributed by atoms with E-state index in [1.54, 1.807) is 18.3 Å². The number of aromatic carboxylic acids is 1. The second-order valence-electron chi connectivity index (χ2n) is 5.37. The van der Waals surface area contributed by atoms with Gasteiger partial charge in [0.2, 0.25) is 0 Å². The Kier molecular flexibility index (Phi) is 5.22. The van der Waals surface area contributed by atoms with Crippen LogP contribution in [0.3, 0.4) is 0 Å². The van der Waals surface area contributed by atoms with E-state index in [-0.39, 0.29) is 5.56 Å². The second-order valence-corrected chi connectivity index (χ2v) is 5.37. The zero-order chi connectivity index (χ0) is 17.5. The average Bonchev–Trinajstić information content (AvgIpc) is 2.67. The molecule has 0 bridgehead atoms. The molecule has 0 fully saturated rings.